The van der Waals surface area contributed by atoms with Gasteiger partial charge in [-0.2, -0.15) is 5.10 Å². The molecule has 0 aliphatic rings. The Morgan fingerprint density at radius 2 is 1.86 bits per heavy atom. The van der Waals surface area contributed by atoms with Gasteiger partial charge in [0.1, 0.15) is 0 Å². The van der Waals surface area contributed by atoms with Crippen LogP contribution < -0.4 is 10.4 Å². The van der Waals surface area contributed by atoms with Crippen molar-refractivity contribution in [3.8, 4) is 22.6 Å². The van der Waals surface area contributed by atoms with Gasteiger partial charge in [0.2, 0.25) is 0 Å². The summed E-state index contributed by atoms with van der Waals surface area (Å²) in [4.78, 5) is 21.8. The van der Waals surface area contributed by atoms with Gasteiger partial charge >= 0.3 is 12.1 Å². The van der Waals surface area contributed by atoms with Gasteiger partial charge in [0.25, 0.3) is 0 Å². The minimum atomic E-state index is -4.95. The first kappa shape index (κ1) is 22.6. The second-order valence-corrected chi connectivity index (χ2v) is 8.30. The first-order chi connectivity index (χ1) is 16.6. The van der Waals surface area contributed by atoms with E-state index in [2.05, 4.69) is 19.8 Å². The quantitative estimate of drug-likeness (QED) is 0.378. The number of rotatable bonds is 4. The second-order valence-electron chi connectivity index (χ2n) is 8.30. The van der Waals surface area contributed by atoms with E-state index < -0.39 is 17.8 Å². The van der Waals surface area contributed by atoms with Gasteiger partial charge in [-0.05, 0) is 42.2 Å². The number of pyridine rings is 2. The largest absolute Gasteiger partial charge is 0.573 e. The average molecular weight is 482 g/mol. The van der Waals surface area contributed by atoms with Gasteiger partial charge in [-0.15, -0.1) is 13.2 Å². The van der Waals surface area contributed by atoms with Gasteiger partial charge in [-0.25, -0.2) is 4.79 Å². The van der Waals surface area contributed by atoms with Gasteiger partial charge in [0.05, 0.1) is 40.8 Å². The third-order valence-corrected chi connectivity index (χ3v) is 6.02. The standard InChI is InChI=1S/C24H21F3N6O2/c1-5-14-6-18-17(7-16(14)15-9-30-31(3)12-15)22-19(10-29-18)32(4)23(34)33(22)21-13(2)8-28-11-20(21)35-24(25,26)27/h6-12H,5H2,1-4H3. The average Bonchev–Trinajstić information content (AvgIpc) is 3.34. The predicted molar refractivity (Wildman–Crippen MR) is 125 cm³/mol. The topological polar surface area (TPSA) is 79.8 Å². The summed E-state index contributed by atoms with van der Waals surface area (Å²) in [5, 5.41) is 4.88. The highest BCUT2D eigenvalue weighted by molar-refractivity contribution is 6.05. The highest BCUT2D eigenvalue weighted by Gasteiger charge is 2.34. The Kier molecular flexibility index (Phi) is 5.15. The fraction of sp³-hybridized carbons (Fsp3) is 0.250. The summed E-state index contributed by atoms with van der Waals surface area (Å²) in [5.74, 6) is -0.560. The fourth-order valence-corrected chi connectivity index (χ4v) is 4.44. The lowest BCUT2D eigenvalue weighted by atomic mass is 9.97. The first-order valence-corrected chi connectivity index (χ1v) is 10.8. The lowest BCUT2D eigenvalue weighted by Gasteiger charge is -2.16. The van der Waals surface area contributed by atoms with E-state index in [1.54, 1.807) is 31.0 Å². The van der Waals surface area contributed by atoms with Gasteiger partial charge in [0, 0.05) is 37.4 Å². The number of imidazole rings is 1. The number of aryl methyl sites for hydroxylation is 4. The number of benzene rings is 1. The van der Waals surface area contributed by atoms with Crippen molar-refractivity contribution >= 4 is 21.9 Å². The molecule has 0 aliphatic carbocycles. The molecular weight excluding hydrogens is 461 g/mol. The summed E-state index contributed by atoms with van der Waals surface area (Å²) in [5.41, 5.74) is 4.13. The van der Waals surface area contributed by atoms with Crippen molar-refractivity contribution in [1.82, 2.24) is 28.9 Å². The van der Waals surface area contributed by atoms with Crippen LogP contribution in [0.4, 0.5) is 13.2 Å². The SMILES string of the molecule is CCc1cc2ncc3c(c2cc1-c1cnn(C)c1)n(-c1c(C)cncc1OC(F)(F)F)c(=O)n3C. The molecule has 0 spiro atoms. The van der Waals surface area contributed by atoms with Gasteiger partial charge in [-0.1, -0.05) is 6.92 Å². The number of nitrogens with zero attached hydrogens (tertiary/aromatic N) is 6. The van der Waals surface area contributed by atoms with Gasteiger partial charge in [-0.3, -0.25) is 23.8 Å². The number of hydrogen-bond acceptors (Lipinski definition) is 5. The maximum Gasteiger partial charge on any atom is 0.573 e. The molecule has 0 unspecified atom stereocenters. The minimum absolute atomic E-state index is 0.0251. The number of hydrogen-bond donors (Lipinski definition) is 0. The Balaban J connectivity index is 1.92. The number of halogens is 3. The van der Waals surface area contributed by atoms with Crippen LogP contribution in [0, 0.1) is 6.92 Å². The maximum absolute atomic E-state index is 13.4. The highest BCUT2D eigenvalue weighted by Crippen LogP contribution is 2.36. The Hall–Kier alpha value is -4.15. The molecule has 0 N–H and O–H groups in total. The highest BCUT2D eigenvalue weighted by atomic mass is 19.4. The fourth-order valence-electron chi connectivity index (χ4n) is 4.44. The minimum Gasteiger partial charge on any atom is -0.402 e. The van der Waals surface area contributed by atoms with Gasteiger partial charge in [0.15, 0.2) is 5.75 Å². The molecule has 0 amide bonds. The lowest BCUT2D eigenvalue weighted by molar-refractivity contribution is -0.274. The van der Waals surface area contributed by atoms with E-state index in [9.17, 15) is 18.0 Å². The van der Waals surface area contributed by atoms with E-state index >= 15 is 0 Å². The van der Waals surface area contributed by atoms with Crippen molar-refractivity contribution in [2.24, 2.45) is 14.1 Å². The molecule has 4 aromatic heterocycles. The molecule has 0 aliphatic heterocycles. The number of fused-ring (bicyclic) bond motifs is 3. The summed E-state index contributed by atoms with van der Waals surface area (Å²) in [7, 11) is 3.37. The summed E-state index contributed by atoms with van der Waals surface area (Å²) < 4.78 is 48.2. The van der Waals surface area contributed by atoms with Crippen LogP contribution in [0.1, 0.15) is 18.1 Å². The molecule has 1 aromatic carbocycles. The van der Waals surface area contributed by atoms with Crippen LogP contribution in [-0.2, 0) is 20.5 Å². The van der Waals surface area contributed by atoms with E-state index in [0.717, 1.165) is 29.3 Å². The van der Waals surface area contributed by atoms with E-state index in [4.69, 9.17) is 0 Å². The molecule has 0 bridgehead atoms. The van der Waals surface area contributed by atoms with E-state index in [0.29, 0.717) is 27.5 Å². The molecule has 5 aromatic rings. The van der Waals surface area contributed by atoms with Crippen LogP contribution in [-0.4, -0.2) is 35.2 Å². The molecule has 0 saturated carbocycles. The predicted octanol–water partition coefficient (Wildman–Crippen LogP) is 4.44. The molecule has 4 heterocycles. The molecule has 180 valence electrons. The van der Waals surface area contributed by atoms with Crippen molar-refractivity contribution in [2.45, 2.75) is 26.6 Å². The Morgan fingerprint density at radius 3 is 2.51 bits per heavy atom. The summed E-state index contributed by atoms with van der Waals surface area (Å²) in [6.07, 6.45) is 3.31. The Labute approximate surface area is 197 Å². The molecule has 0 saturated heterocycles. The van der Waals surface area contributed by atoms with Crippen molar-refractivity contribution in [2.75, 3.05) is 0 Å². The van der Waals surface area contributed by atoms with Crippen LogP contribution in [0.2, 0.25) is 0 Å². The monoisotopic (exact) mass is 482 g/mol. The summed E-state index contributed by atoms with van der Waals surface area (Å²) >= 11 is 0. The maximum atomic E-state index is 13.4. The number of ether oxygens (including phenoxy) is 1. The zero-order chi connectivity index (χ0) is 25.1. The summed E-state index contributed by atoms with van der Waals surface area (Å²) in [6.45, 7) is 3.61. The molecular formula is C24H21F3N6O2. The normalized spacial score (nSPS) is 12.1. The van der Waals surface area contributed by atoms with Crippen LogP contribution in [0.5, 0.6) is 5.75 Å². The molecule has 0 radical (unpaired) electrons. The van der Waals surface area contributed by atoms with Crippen molar-refractivity contribution in [3.05, 3.63) is 64.7 Å². The lowest BCUT2D eigenvalue weighted by Crippen LogP contribution is -2.24. The van der Waals surface area contributed by atoms with Crippen molar-refractivity contribution in [3.63, 3.8) is 0 Å². The third-order valence-electron chi connectivity index (χ3n) is 6.02. The zero-order valence-corrected chi connectivity index (χ0v) is 19.4. The molecule has 5 rings (SSSR count). The van der Waals surface area contributed by atoms with E-state index in [1.807, 2.05) is 32.3 Å². The Morgan fingerprint density at radius 1 is 1.09 bits per heavy atom. The van der Waals surface area contributed by atoms with Gasteiger partial charge < -0.3 is 4.74 Å². The molecule has 0 atom stereocenters. The summed E-state index contributed by atoms with van der Waals surface area (Å²) in [6, 6.07) is 3.85. The van der Waals surface area contributed by atoms with Crippen LogP contribution >= 0.6 is 0 Å². The van der Waals surface area contributed by atoms with Crippen LogP contribution in [0.3, 0.4) is 0 Å². The first-order valence-electron chi connectivity index (χ1n) is 10.8. The molecule has 35 heavy (non-hydrogen) atoms. The third kappa shape index (κ3) is 3.72. The van der Waals surface area contributed by atoms with E-state index in [1.165, 1.54) is 15.3 Å². The molecule has 8 nitrogen and oxygen atoms in total. The van der Waals surface area contributed by atoms with Crippen LogP contribution in [0.15, 0.2) is 47.9 Å². The smallest absolute Gasteiger partial charge is 0.402 e. The molecule has 0 fully saturated rings. The second kappa shape index (κ2) is 7.97. The number of aromatic nitrogens is 6. The van der Waals surface area contributed by atoms with Crippen molar-refractivity contribution in [1.29, 1.82) is 0 Å². The van der Waals surface area contributed by atoms with Crippen LogP contribution in [0.25, 0.3) is 38.8 Å². The van der Waals surface area contributed by atoms with Crippen molar-refractivity contribution < 1.29 is 17.9 Å². The Bertz CT molecular complexity index is 1660. The number of alkyl halides is 3. The zero-order valence-electron chi connectivity index (χ0n) is 19.4. The van der Waals surface area contributed by atoms with E-state index in [-0.39, 0.29) is 5.69 Å². The molecule has 11 heteroatoms.